The fourth-order valence-electron chi connectivity index (χ4n) is 2.01. The SMILES string of the molecule is COC1C=C(S(=O)(=O)c2ccccc2)CCC1. The normalized spacial score (nSPS) is 21.0. The van der Waals surface area contributed by atoms with Crippen molar-refractivity contribution in [2.24, 2.45) is 0 Å². The van der Waals surface area contributed by atoms with Crippen LogP contribution in [0.3, 0.4) is 0 Å². The van der Waals surface area contributed by atoms with E-state index in [9.17, 15) is 8.42 Å². The van der Waals surface area contributed by atoms with Gasteiger partial charge in [-0.15, -0.1) is 0 Å². The maximum Gasteiger partial charge on any atom is 0.202 e. The number of benzene rings is 1. The molecule has 4 heteroatoms. The van der Waals surface area contributed by atoms with Crippen LogP contribution in [0.1, 0.15) is 19.3 Å². The van der Waals surface area contributed by atoms with E-state index in [1.54, 1.807) is 37.5 Å². The van der Waals surface area contributed by atoms with Gasteiger partial charge in [-0.1, -0.05) is 18.2 Å². The van der Waals surface area contributed by atoms with Crippen LogP contribution in [0.4, 0.5) is 0 Å². The van der Waals surface area contributed by atoms with Crippen molar-refractivity contribution >= 4 is 9.84 Å². The summed E-state index contributed by atoms with van der Waals surface area (Å²) in [7, 11) is -1.71. The molecule has 92 valence electrons. The average Bonchev–Trinajstić information content (AvgIpc) is 2.40. The summed E-state index contributed by atoms with van der Waals surface area (Å²) in [6, 6.07) is 8.56. The molecule has 3 nitrogen and oxygen atoms in total. The van der Waals surface area contributed by atoms with Gasteiger partial charge in [-0.05, 0) is 37.5 Å². The Hall–Kier alpha value is -1.13. The summed E-state index contributed by atoms with van der Waals surface area (Å²) in [6.45, 7) is 0. The van der Waals surface area contributed by atoms with Gasteiger partial charge >= 0.3 is 0 Å². The number of allylic oxidation sites excluding steroid dienone is 1. The first-order chi connectivity index (χ1) is 8.14. The van der Waals surface area contributed by atoms with Crippen LogP contribution in [0, 0.1) is 0 Å². The Balaban J connectivity index is 2.37. The largest absolute Gasteiger partial charge is 0.377 e. The zero-order valence-corrected chi connectivity index (χ0v) is 10.6. The lowest BCUT2D eigenvalue weighted by molar-refractivity contribution is 0.127. The lowest BCUT2D eigenvalue weighted by Crippen LogP contribution is -2.16. The summed E-state index contributed by atoms with van der Waals surface area (Å²) >= 11 is 0. The highest BCUT2D eigenvalue weighted by Crippen LogP contribution is 2.28. The van der Waals surface area contributed by atoms with Crippen LogP contribution >= 0.6 is 0 Å². The van der Waals surface area contributed by atoms with Gasteiger partial charge in [0.1, 0.15) is 0 Å². The highest BCUT2D eigenvalue weighted by atomic mass is 32.2. The monoisotopic (exact) mass is 252 g/mol. The van der Waals surface area contributed by atoms with E-state index in [-0.39, 0.29) is 6.10 Å². The third-order valence-corrected chi connectivity index (χ3v) is 4.91. The second kappa shape index (κ2) is 5.02. The van der Waals surface area contributed by atoms with Crippen molar-refractivity contribution in [3.8, 4) is 0 Å². The molecule has 0 saturated heterocycles. The molecule has 0 amide bonds. The fraction of sp³-hybridized carbons (Fsp3) is 0.385. The topological polar surface area (TPSA) is 43.4 Å². The van der Waals surface area contributed by atoms with E-state index in [4.69, 9.17) is 4.74 Å². The second-order valence-corrected chi connectivity index (χ2v) is 6.12. The number of sulfone groups is 1. The molecular formula is C13H16O3S. The van der Waals surface area contributed by atoms with Crippen LogP contribution in [0.2, 0.25) is 0 Å². The molecule has 17 heavy (non-hydrogen) atoms. The van der Waals surface area contributed by atoms with Crippen molar-refractivity contribution in [1.82, 2.24) is 0 Å². The van der Waals surface area contributed by atoms with Gasteiger partial charge in [0.25, 0.3) is 0 Å². The minimum atomic E-state index is -3.32. The van der Waals surface area contributed by atoms with Crippen molar-refractivity contribution in [3.63, 3.8) is 0 Å². The summed E-state index contributed by atoms with van der Waals surface area (Å²) in [5.41, 5.74) is 0. The van der Waals surface area contributed by atoms with Crippen LogP contribution in [-0.2, 0) is 14.6 Å². The number of ether oxygens (including phenoxy) is 1. The summed E-state index contributed by atoms with van der Waals surface area (Å²) in [4.78, 5) is 0.852. The Bertz CT molecular complexity index is 503. The van der Waals surface area contributed by atoms with Crippen molar-refractivity contribution in [1.29, 1.82) is 0 Å². The maximum absolute atomic E-state index is 12.3. The number of rotatable bonds is 3. The minimum absolute atomic E-state index is 0.0720. The minimum Gasteiger partial charge on any atom is -0.377 e. The Labute approximate surface area is 102 Å². The van der Waals surface area contributed by atoms with Gasteiger partial charge in [-0.2, -0.15) is 0 Å². The molecule has 0 spiro atoms. The Morgan fingerprint density at radius 1 is 1.24 bits per heavy atom. The molecule has 2 rings (SSSR count). The third-order valence-electron chi connectivity index (χ3n) is 2.99. The van der Waals surface area contributed by atoms with E-state index in [0.29, 0.717) is 16.2 Å². The van der Waals surface area contributed by atoms with Gasteiger partial charge in [0.05, 0.1) is 11.0 Å². The highest BCUT2D eigenvalue weighted by molar-refractivity contribution is 7.95. The molecule has 0 heterocycles. The summed E-state index contributed by atoms with van der Waals surface area (Å²) < 4.78 is 29.9. The van der Waals surface area contributed by atoms with E-state index < -0.39 is 9.84 Å². The molecule has 1 aliphatic rings. The maximum atomic E-state index is 12.3. The van der Waals surface area contributed by atoms with Crippen molar-refractivity contribution in [3.05, 3.63) is 41.3 Å². The first kappa shape index (κ1) is 12.3. The summed E-state index contributed by atoms with van der Waals surface area (Å²) in [5, 5.41) is 0. The lowest BCUT2D eigenvalue weighted by atomic mass is 10.1. The molecule has 0 bridgehead atoms. The highest BCUT2D eigenvalue weighted by Gasteiger charge is 2.24. The molecule has 0 aromatic heterocycles. The van der Waals surface area contributed by atoms with Gasteiger partial charge in [0.2, 0.25) is 9.84 Å². The molecule has 0 N–H and O–H groups in total. The predicted octanol–water partition coefficient (Wildman–Crippen LogP) is 2.54. The third kappa shape index (κ3) is 2.58. The smallest absolute Gasteiger partial charge is 0.202 e. The van der Waals surface area contributed by atoms with Gasteiger partial charge < -0.3 is 4.74 Å². The van der Waals surface area contributed by atoms with E-state index in [1.807, 2.05) is 6.07 Å². The first-order valence-corrected chi connectivity index (χ1v) is 7.16. The molecule has 0 aliphatic heterocycles. The first-order valence-electron chi connectivity index (χ1n) is 5.68. The Morgan fingerprint density at radius 2 is 1.94 bits per heavy atom. The van der Waals surface area contributed by atoms with Gasteiger partial charge in [0, 0.05) is 12.0 Å². The van der Waals surface area contributed by atoms with Crippen LogP contribution < -0.4 is 0 Å². The Morgan fingerprint density at radius 3 is 2.59 bits per heavy atom. The van der Waals surface area contributed by atoms with Crippen LogP contribution in [0.25, 0.3) is 0 Å². The number of hydrogen-bond acceptors (Lipinski definition) is 3. The van der Waals surface area contributed by atoms with Crippen LogP contribution in [-0.4, -0.2) is 21.6 Å². The van der Waals surface area contributed by atoms with Crippen LogP contribution in [0.5, 0.6) is 0 Å². The number of methoxy groups -OCH3 is 1. The van der Waals surface area contributed by atoms with Gasteiger partial charge in [0.15, 0.2) is 0 Å². The van der Waals surface area contributed by atoms with E-state index >= 15 is 0 Å². The molecule has 0 fully saturated rings. The predicted molar refractivity (Wildman–Crippen MR) is 66.4 cm³/mol. The standard InChI is InChI=1S/C13H16O3S/c1-16-11-6-5-9-13(10-11)17(14,15)12-7-3-2-4-8-12/h2-4,7-8,10-11H,5-6,9H2,1H3. The fourth-order valence-corrected chi connectivity index (χ4v) is 3.57. The van der Waals surface area contributed by atoms with Crippen molar-refractivity contribution < 1.29 is 13.2 Å². The summed E-state index contributed by atoms with van der Waals surface area (Å²) in [5.74, 6) is 0. The van der Waals surface area contributed by atoms with E-state index in [1.165, 1.54) is 0 Å². The van der Waals surface area contributed by atoms with E-state index in [0.717, 1.165) is 12.8 Å². The molecule has 0 saturated carbocycles. The zero-order valence-electron chi connectivity index (χ0n) is 9.80. The lowest BCUT2D eigenvalue weighted by Gasteiger charge is -2.19. The molecule has 0 radical (unpaired) electrons. The van der Waals surface area contributed by atoms with Crippen molar-refractivity contribution in [2.75, 3.05) is 7.11 Å². The average molecular weight is 252 g/mol. The molecule has 1 unspecified atom stereocenters. The van der Waals surface area contributed by atoms with Crippen molar-refractivity contribution in [2.45, 2.75) is 30.3 Å². The molecule has 1 aliphatic carbocycles. The van der Waals surface area contributed by atoms with Crippen LogP contribution in [0.15, 0.2) is 46.2 Å². The second-order valence-electron chi connectivity index (χ2n) is 4.12. The zero-order chi connectivity index (χ0) is 12.3. The van der Waals surface area contributed by atoms with Gasteiger partial charge in [-0.25, -0.2) is 8.42 Å². The number of hydrogen-bond donors (Lipinski definition) is 0. The molecule has 1 aromatic rings. The summed E-state index contributed by atoms with van der Waals surface area (Å²) in [6.07, 6.45) is 4.03. The Kier molecular flexibility index (Phi) is 3.64. The van der Waals surface area contributed by atoms with E-state index in [2.05, 4.69) is 0 Å². The molecule has 1 aromatic carbocycles. The molecule has 1 atom stereocenters. The quantitative estimate of drug-likeness (QED) is 0.830. The molecular weight excluding hydrogens is 236 g/mol. The van der Waals surface area contributed by atoms with Gasteiger partial charge in [-0.3, -0.25) is 0 Å².